The van der Waals surface area contributed by atoms with E-state index in [2.05, 4.69) is 25.0 Å². The number of hydrogen-bond donors (Lipinski definition) is 0. The van der Waals surface area contributed by atoms with Gasteiger partial charge in [0.2, 0.25) is 0 Å². The quantitative estimate of drug-likeness (QED) is 0.613. The van der Waals surface area contributed by atoms with Crippen LogP contribution >= 0.6 is 0 Å². The highest BCUT2D eigenvalue weighted by atomic mass is 15.3. The van der Waals surface area contributed by atoms with Gasteiger partial charge < -0.3 is 0 Å². The lowest BCUT2D eigenvalue weighted by Crippen LogP contribution is -1.95. The zero-order valence-electron chi connectivity index (χ0n) is 7.79. The maximum absolute atomic E-state index is 4.40. The molecule has 1 aromatic rings. The molecule has 1 rings (SSSR count). The van der Waals surface area contributed by atoms with Gasteiger partial charge in [0.05, 0.1) is 5.69 Å². The van der Waals surface area contributed by atoms with Crippen LogP contribution in [0, 0.1) is 6.92 Å². The molecule has 1 aromatic heterocycles. The molecule has 0 amide bonds. The number of hydrogen-bond acceptors (Lipinski definition) is 1. The number of rotatable bonds is 5. The van der Waals surface area contributed by atoms with E-state index in [0.29, 0.717) is 0 Å². The van der Waals surface area contributed by atoms with Gasteiger partial charge in [-0.3, -0.25) is 4.68 Å². The van der Waals surface area contributed by atoms with E-state index < -0.39 is 0 Å². The van der Waals surface area contributed by atoms with Gasteiger partial charge in [-0.05, 0) is 25.8 Å². The Kier molecular flexibility index (Phi) is 3.85. The number of unbranched alkanes of at least 4 members (excludes halogenated alkanes) is 2. The molecular weight excluding hydrogens is 148 g/mol. The molecule has 0 aliphatic heterocycles. The second-order valence-corrected chi connectivity index (χ2v) is 2.97. The average Bonchev–Trinajstić information content (AvgIpc) is 2.53. The van der Waals surface area contributed by atoms with Crippen LogP contribution in [0.5, 0.6) is 0 Å². The van der Waals surface area contributed by atoms with Gasteiger partial charge in [-0.1, -0.05) is 19.8 Å². The van der Waals surface area contributed by atoms with Crippen molar-refractivity contribution in [1.82, 2.24) is 9.78 Å². The lowest BCUT2D eigenvalue weighted by molar-refractivity contribution is 0.636. The third kappa shape index (κ3) is 2.68. The van der Waals surface area contributed by atoms with E-state index in [4.69, 9.17) is 0 Å². The van der Waals surface area contributed by atoms with Crippen LogP contribution in [0.4, 0.5) is 0 Å². The first-order chi connectivity index (χ1) is 5.86. The summed E-state index contributed by atoms with van der Waals surface area (Å²) < 4.78 is 1.97. The Morgan fingerprint density at radius 2 is 2.33 bits per heavy atom. The summed E-state index contributed by atoms with van der Waals surface area (Å²) in [5.41, 5.74) is 1.21. The highest BCUT2D eigenvalue weighted by molar-refractivity contribution is 4.98. The molecule has 67 valence electrons. The van der Waals surface area contributed by atoms with Crippen molar-refractivity contribution in [3.63, 3.8) is 0 Å². The topological polar surface area (TPSA) is 17.8 Å². The van der Waals surface area contributed by atoms with Gasteiger partial charge in [-0.15, -0.1) is 0 Å². The minimum atomic E-state index is 0.968. The fourth-order valence-electron chi connectivity index (χ4n) is 1.20. The molecule has 2 heteroatoms. The average molecular weight is 165 g/mol. The van der Waals surface area contributed by atoms with Crippen LogP contribution in [0.15, 0.2) is 12.3 Å². The van der Waals surface area contributed by atoms with Crippen molar-refractivity contribution >= 4 is 0 Å². The molecule has 0 N–H and O–H groups in total. The molecular formula is C10H17N2. The van der Waals surface area contributed by atoms with Crippen LogP contribution in [0.3, 0.4) is 0 Å². The predicted molar refractivity (Wildman–Crippen MR) is 50.8 cm³/mol. The Bertz CT molecular complexity index is 215. The van der Waals surface area contributed by atoms with Gasteiger partial charge in [0.25, 0.3) is 0 Å². The van der Waals surface area contributed by atoms with E-state index >= 15 is 0 Å². The summed E-state index contributed by atoms with van der Waals surface area (Å²) >= 11 is 0. The Balaban J connectivity index is 2.31. The SMILES string of the molecule is [CH2]CCCCc1ccn(CC)n1. The summed E-state index contributed by atoms with van der Waals surface area (Å²) in [5.74, 6) is 0. The van der Waals surface area contributed by atoms with E-state index in [1.54, 1.807) is 0 Å². The first-order valence-electron chi connectivity index (χ1n) is 4.68. The molecule has 0 unspecified atom stereocenters. The van der Waals surface area contributed by atoms with E-state index in [0.717, 1.165) is 19.4 Å². The summed E-state index contributed by atoms with van der Waals surface area (Å²) in [6.07, 6.45) is 6.60. The van der Waals surface area contributed by atoms with Crippen molar-refractivity contribution < 1.29 is 0 Å². The highest BCUT2D eigenvalue weighted by Crippen LogP contribution is 2.03. The molecule has 0 fully saturated rings. The molecule has 0 aliphatic rings. The molecule has 0 atom stereocenters. The molecule has 0 aliphatic carbocycles. The lowest BCUT2D eigenvalue weighted by atomic mass is 10.2. The van der Waals surface area contributed by atoms with Crippen molar-refractivity contribution in [2.24, 2.45) is 0 Å². The Labute approximate surface area is 74.6 Å². The minimum Gasteiger partial charge on any atom is -0.273 e. The maximum Gasteiger partial charge on any atom is 0.0624 e. The second kappa shape index (κ2) is 4.96. The summed E-state index contributed by atoms with van der Waals surface area (Å²) in [6, 6.07) is 2.10. The highest BCUT2D eigenvalue weighted by Gasteiger charge is 1.96. The van der Waals surface area contributed by atoms with E-state index in [9.17, 15) is 0 Å². The third-order valence-electron chi connectivity index (χ3n) is 1.95. The standard InChI is InChI=1S/C10H17N2/c1-3-5-6-7-10-8-9-12(4-2)11-10/h8-9H,1,3-7H2,2H3. The van der Waals surface area contributed by atoms with E-state index in [1.807, 2.05) is 10.9 Å². The molecule has 0 saturated carbocycles. The summed E-state index contributed by atoms with van der Waals surface area (Å²) in [6.45, 7) is 6.88. The minimum absolute atomic E-state index is 0.968. The van der Waals surface area contributed by atoms with Crippen molar-refractivity contribution in [3.05, 3.63) is 24.9 Å². The van der Waals surface area contributed by atoms with Crippen molar-refractivity contribution in [2.45, 2.75) is 39.2 Å². The Morgan fingerprint density at radius 1 is 1.50 bits per heavy atom. The van der Waals surface area contributed by atoms with Crippen molar-refractivity contribution in [3.8, 4) is 0 Å². The zero-order valence-corrected chi connectivity index (χ0v) is 7.79. The first-order valence-corrected chi connectivity index (χ1v) is 4.68. The largest absolute Gasteiger partial charge is 0.273 e. The third-order valence-corrected chi connectivity index (χ3v) is 1.95. The predicted octanol–water partition coefficient (Wildman–Crippen LogP) is 2.45. The fourth-order valence-corrected chi connectivity index (χ4v) is 1.20. The second-order valence-electron chi connectivity index (χ2n) is 2.97. The maximum atomic E-state index is 4.40. The molecule has 0 saturated heterocycles. The van der Waals surface area contributed by atoms with Gasteiger partial charge in [-0.2, -0.15) is 5.10 Å². The van der Waals surface area contributed by atoms with Crippen LogP contribution in [-0.4, -0.2) is 9.78 Å². The first kappa shape index (κ1) is 9.30. The van der Waals surface area contributed by atoms with Crippen LogP contribution in [-0.2, 0) is 13.0 Å². The molecule has 1 radical (unpaired) electrons. The van der Waals surface area contributed by atoms with Crippen LogP contribution in [0.1, 0.15) is 31.9 Å². The van der Waals surface area contributed by atoms with Crippen molar-refractivity contribution in [1.29, 1.82) is 0 Å². The monoisotopic (exact) mass is 165 g/mol. The van der Waals surface area contributed by atoms with Crippen LogP contribution in [0.25, 0.3) is 0 Å². The Hall–Kier alpha value is -0.790. The molecule has 2 nitrogen and oxygen atoms in total. The molecule has 0 aromatic carbocycles. The summed E-state index contributed by atoms with van der Waals surface area (Å²) in [5, 5.41) is 4.40. The van der Waals surface area contributed by atoms with Gasteiger partial charge in [0.1, 0.15) is 0 Å². The molecule has 0 bridgehead atoms. The fraction of sp³-hybridized carbons (Fsp3) is 0.600. The number of aromatic nitrogens is 2. The number of aryl methyl sites for hydroxylation is 2. The summed E-state index contributed by atoms with van der Waals surface area (Å²) in [7, 11) is 0. The van der Waals surface area contributed by atoms with Gasteiger partial charge >= 0.3 is 0 Å². The van der Waals surface area contributed by atoms with Crippen molar-refractivity contribution in [2.75, 3.05) is 0 Å². The molecule has 0 spiro atoms. The van der Waals surface area contributed by atoms with Crippen LogP contribution < -0.4 is 0 Å². The molecule has 12 heavy (non-hydrogen) atoms. The summed E-state index contributed by atoms with van der Waals surface area (Å²) in [4.78, 5) is 0. The molecule has 1 heterocycles. The van der Waals surface area contributed by atoms with Gasteiger partial charge in [0, 0.05) is 12.7 Å². The Morgan fingerprint density at radius 3 is 2.92 bits per heavy atom. The van der Waals surface area contributed by atoms with E-state index in [-0.39, 0.29) is 0 Å². The lowest BCUT2D eigenvalue weighted by Gasteiger charge is -1.95. The van der Waals surface area contributed by atoms with Gasteiger partial charge in [0.15, 0.2) is 0 Å². The van der Waals surface area contributed by atoms with Crippen LogP contribution in [0.2, 0.25) is 0 Å². The normalized spacial score (nSPS) is 10.5. The number of nitrogens with zero attached hydrogens (tertiary/aromatic N) is 2. The zero-order chi connectivity index (χ0) is 8.81. The van der Waals surface area contributed by atoms with E-state index in [1.165, 1.54) is 18.5 Å². The van der Waals surface area contributed by atoms with Gasteiger partial charge in [-0.25, -0.2) is 0 Å². The smallest absolute Gasteiger partial charge is 0.0624 e.